The number of hydrogen-bond donors (Lipinski definition) is 3. The van der Waals surface area contributed by atoms with Crippen molar-refractivity contribution in [1.29, 1.82) is 0 Å². The van der Waals surface area contributed by atoms with Crippen molar-refractivity contribution in [3.8, 4) is 0 Å². The number of carboxylic acid groups (broad SMARTS) is 1. The fourth-order valence-electron chi connectivity index (χ4n) is 1.53. The van der Waals surface area contributed by atoms with E-state index in [4.69, 9.17) is 5.11 Å². The third-order valence-corrected chi connectivity index (χ3v) is 2.30. The van der Waals surface area contributed by atoms with E-state index in [-0.39, 0.29) is 18.9 Å². The highest BCUT2D eigenvalue weighted by molar-refractivity contribution is 5.77. The zero-order valence-corrected chi connectivity index (χ0v) is 8.08. The summed E-state index contributed by atoms with van der Waals surface area (Å²) in [5.74, 6) is -0.507. The summed E-state index contributed by atoms with van der Waals surface area (Å²) in [6, 6.07) is 0. The Kier molecular flexibility index (Phi) is 4.39. The Bertz CT molecular complexity index is 212. The molecule has 0 aliphatic carbocycles. The Morgan fingerprint density at radius 2 is 2.29 bits per heavy atom. The quantitative estimate of drug-likeness (QED) is 0.563. The van der Waals surface area contributed by atoms with E-state index in [0.29, 0.717) is 12.3 Å². The van der Waals surface area contributed by atoms with E-state index in [9.17, 15) is 9.59 Å². The Balaban J connectivity index is 2.06. The van der Waals surface area contributed by atoms with E-state index in [0.717, 1.165) is 19.5 Å². The molecule has 5 nitrogen and oxygen atoms in total. The van der Waals surface area contributed by atoms with Crippen molar-refractivity contribution in [2.45, 2.75) is 19.3 Å². The molecule has 3 N–H and O–H groups in total. The lowest BCUT2D eigenvalue weighted by Gasteiger charge is -2.07. The van der Waals surface area contributed by atoms with Crippen LogP contribution in [0.15, 0.2) is 0 Å². The standard InChI is InChI=1S/C9H16N2O3/c12-8(11-4-2-9(13)14)5-7-1-3-10-6-7/h7,10H,1-6H2,(H,11,12)(H,13,14). The van der Waals surface area contributed by atoms with Gasteiger partial charge in [0.1, 0.15) is 0 Å². The maximum Gasteiger partial charge on any atom is 0.305 e. The molecule has 1 aliphatic heterocycles. The molecule has 0 aromatic heterocycles. The van der Waals surface area contributed by atoms with Crippen molar-refractivity contribution in [3.63, 3.8) is 0 Å². The van der Waals surface area contributed by atoms with E-state index in [1.807, 2.05) is 0 Å². The second-order valence-corrected chi connectivity index (χ2v) is 3.56. The first-order chi connectivity index (χ1) is 6.68. The van der Waals surface area contributed by atoms with Crippen LogP contribution < -0.4 is 10.6 Å². The largest absolute Gasteiger partial charge is 0.481 e. The monoisotopic (exact) mass is 200 g/mol. The van der Waals surface area contributed by atoms with Gasteiger partial charge in [-0.15, -0.1) is 0 Å². The molecule has 5 heteroatoms. The molecule has 1 heterocycles. The number of nitrogens with one attached hydrogen (secondary N) is 2. The summed E-state index contributed by atoms with van der Waals surface area (Å²) in [4.78, 5) is 21.4. The van der Waals surface area contributed by atoms with Crippen molar-refractivity contribution < 1.29 is 14.7 Å². The van der Waals surface area contributed by atoms with Gasteiger partial charge in [0.25, 0.3) is 0 Å². The van der Waals surface area contributed by atoms with E-state index in [1.54, 1.807) is 0 Å². The normalized spacial score (nSPS) is 20.7. The fraction of sp³-hybridized carbons (Fsp3) is 0.778. The lowest BCUT2D eigenvalue weighted by molar-refractivity contribution is -0.136. The van der Waals surface area contributed by atoms with Crippen LogP contribution in [0.2, 0.25) is 0 Å². The number of rotatable bonds is 5. The number of hydrogen-bond acceptors (Lipinski definition) is 3. The summed E-state index contributed by atoms with van der Waals surface area (Å²) < 4.78 is 0. The van der Waals surface area contributed by atoms with Gasteiger partial charge in [-0.3, -0.25) is 9.59 Å². The van der Waals surface area contributed by atoms with Crippen molar-refractivity contribution in [3.05, 3.63) is 0 Å². The zero-order valence-electron chi connectivity index (χ0n) is 8.08. The first-order valence-electron chi connectivity index (χ1n) is 4.87. The minimum absolute atomic E-state index is 0.00530. The molecule has 0 spiro atoms. The molecule has 0 aromatic carbocycles. The molecule has 0 radical (unpaired) electrons. The highest BCUT2D eigenvalue weighted by atomic mass is 16.4. The van der Waals surface area contributed by atoms with Crippen LogP contribution in [-0.4, -0.2) is 36.6 Å². The molecule has 1 saturated heterocycles. The van der Waals surface area contributed by atoms with Crippen LogP contribution in [0.3, 0.4) is 0 Å². The second kappa shape index (κ2) is 5.59. The minimum Gasteiger partial charge on any atom is -0.481 e. The predicted molar refractivity (Wildman–Crippen MR) is 50.9 cm³/mol. The molecule has 1 rings (SSSR count). The summed E-state index contributed by atoms with van der Waals surface area (Å²) in [5, 5.41) is 14.1. The maximum absolute atomic E-state index is 11.2. The zero-order chi connectivity index (χ0) is 10.4. The first-order valence-corrected chi connectivity index (χ1v) is 4.87. The highest BCUT2D eigenvalue weighted by Gasteiger charge is 2.17. The summed E-state index contributed by atoms with van der Waals surface area (Å²) in [6.45, 7) is 2.10. The average molecular weight is 200 g/mol. The van der Waals surface area contributed by atoms with Gasteiger partial charge < -0.3 is 15.7 Å². The Morgan fingerprint density at radius 1 is 1.50 bits per heavy atom. The lowest BCUT2D eigenvalue weighted by atomic mass is 10.0. The average Bonchev–Trinajstić information content (AvgIpc) is 2.56. The first kappa shape index (κ1) is 11.0. The topological polar surface area (TPSA) is 78.4 Å². The third kappa shape index (κ3) is 4.23. The molecule has 1 aliphatic rings. The highest BCUT2D eigenvalue weighted by Crippen LogP contribution is 2.11. The lowest BCUT2D eigenvalue weighted by Crippen LogP contribution is -2.28. The van der Waals surface area contributed by atoms with Gasteiger partial charge in [-0.05, 0) is 25.4 Å². The van der Waals surface area contributed by atoms with Crippen LogP contribution >= 0.6 is 0 Å². The van der Waals surface area contributed by atoms with Crippen molar-refractivity contribution >= 4 is 11.9 Å². The van der Waals surface area contributed by atoms with Gasteiger partial charge >= 0.3 is 5.97 Å². The van der Waals surface area contributed by atoms with E-state index < -0.39 is 5.97 Å². The number of amides is 1. The molecule has 1 unspecified atom stereocenters. The maximum atomic E-state index is 11.2. The Morgan fingerprint density at radius 3 is 2.86 bits per heavy atom. The van der Waals surface area contributed by atoms with Gasteiger partial charge in [0, 0.05) is 13.0 Å². The third-order valence-electron chi connectivity index (χ3n) is 2.30. The second-order valence-electron chi connectivity index (χ2n) is 3.56. The summed E-state index contributed by atoms with van der Waals surface area (Å²) in [6.07, 6.45) is 1.54. The molecule has 80 valence electrons. The van der Waals surface area contributed by atoms with Crippen LogP contribution in [0.1, 0.15) is 19.3 Å². The van der Waals surface area contributed by atoms with Crippen LogP contribution in [-0.2, 0) is 9.59 Å². The molecule has 0 saturated carbocycles. The number of carbonyl (C=O) groups is 2. The summed E-state index contributed by atoms with van der Waals surface area (Å²) in [5.41, 5.74) is 0. The summed E-state index contributed by atoms with van der Waals surface area (Å²) >= 11 is 0. The van der Waals surface area contributed by atoms with Gasteiger partial charge in [0.05, 0.1) is 6.42 Å². The smallest absolute Gasteiger partial charge is 0.305 e. The van der Waals surface area contributed by atoms with Gasteiger partial charge in [-0.1, -0.05) is 0 Å². The number of carboxylic acids is 1. The van der Waals surface area contributed by atoms with E-state index in [2.05, 4.69) is 10.6 Å². The Labute approximate surface area is 82.9 Å². The molecular weight excluding hydrogens is 184 g/mol. The van der Waals surface area contributed by atoms with E-state index in [1.165, 1.54) is 0 Å². The number of aliphatic carboxylic acids is 1. The van der Waals surface area contributed by atoms with Gasteiger partial charge in [-0.2, -0.15) is 0 Å². The molecule has 1 fully saturated rings. The van der Waals surface area contributed by atoms with Crippen molar-refractivity contribution in [2.24, 2.45) is 5.92 Å². The van der Waals surface area contributed by atoms with Crippen LogP contribution in [0.4, 0.5) is 0 Å². The fourth-order valence-corrected chi connectivity index (χ4v) is 1.53. The SMILES string of the molecule is O=C(O)CCNC(=O)CC1CCNC1. The Hall–Kier alpha value is -1.10. The molecular formula is C9H16N2O3. The van der Waals surface area contributed by atoms with E-state index >= 15 is 0 Å². The molecule has 14 heavy (non-hydrogen) atoms. The summed E-state index contributed by atoms with van der Waals surface area (Å²) in [7, 11) is 0. The van der Waals surface area contributed by atoms with Gasteiger partial charge in [0.15, 0.2) is 0 Å². The van der Waals surface area contributed by atoms with Crippen LogP contribution in [0.25, 0.3) is 0 Å². The van der Waals surface area contributed by atoms with Crippen molar-refractivity contribution in [2.75, 3.05) is 19.6 Å². The van der Waals surface area contributed by atoms with Crippen molar-refractivity contribution in [1.82, 2.24) is 10.6 Å². The molecule has 1 atom stereocenters. The van der Waals surface area contributed by atoms with Crippen LogP contribution in [0, 0.1) is 5.92 Å². The van der Waals surface area contributed by atoms with Crippen LogP contribution in [0.5, 0.6) is 0 Å². The predicted octanol–water partition coefficient (Wildman–Crippen LogP) is -0.423. The molecule has 0 aromatic rings. The minimum atomic E-state index is -0.882. The molecule has 0 bridgehead atoms. The van der Waals surface area contributed by atoms with Gasteiger partial charge in [-0.25, -0.2) is 0 Å². The van der Waals surface area contributed by atoms with Gasteiger partial charge in [0.2, 0.25) is 5.91 Å². The number of carbonyl (C=O) groups excluding carboxylic acids is 1. The molecule has 1 amide bonds.